The van der Waals surface area contributed by atoms with Crippen molar-refractivity contribution in [3.05, 3.63) is 51.8 Å². The van der Waals surface area contributed by atoms with E-state index in [4.69, 9.17) is 11.6 Å². The third kappa shape index (κ3) is 5.19. The average molecular weight is 509 g/mol. The fraction of sp³-hybridized carbons (Fsp3) is 0.545. The number of aromatic nitrogens is 2. The summed E-state index contributed by atoms with van der Waals surface area (Å²) in [6, 6.07) is 4.15. The molecule has 12 heteroatoms. The molecule has 1 amide bonds. The van der Waals surface area contributed by atoms with Crippen molar-refractivity contribution in [3.63, 3.8) is 0 Å². The van der Waals surface area contributed by atoms with E-state index < -0.39 is 34.7 Å². The Kier molecular flexibility index (Phi) is 6.63. The zero-order chi connectivity index (χ0) is 24.8. The summed E-state index contributed by atoms with van der Waals surface area (Å²) in [6.45, 7) is 3.28. The van der Waals surface area contributed by atoms with Crippen LogP contribution in [0.1, 0.15) is 54.2 Å². The van der Waals surface area contributed by atoms with Crippen LogP contribution >= 0.6 is 11.6 Å². The van der Waals surface area contributed by atoms with Gasteiger partial charge in [-0.15, -0.1) is 0 Å². The fourth-order valence-corrected chi connectivity index (χ4v) is 4.61. The normalized spacial score (nSPS) is 18.9. The zero-order valence-electron chi connectivity index (χ0n) is 18.3. The monoisotopic (exact) mass is 508 g/mol. The molecule has 0 N–H and O–H groups in total. The van der Waals surface area contributed by atoms with Crippen molar-refractivity contribution in [2.75, 3.05) is 26.2 Å². The van der Waals surface area contributed by atoms with Crippen molar-refractivity contribution >= 4 is 17.5 Å². The number of rotatable bonds is 5. The number of hydrogen-bond donors (Lipinski definition) is 0. The van der Waals surface area contributed by atoms with Gasteiger partial charge < -0.3 is 4.90 Å². The van der Waals surface area contributed by atoms with Crippen LogP contribution in [0.5, 0.6) is 0 Å². The number of carbonyl (C=O) groups excluding carboxylic acids is 1. The Morgan fingerprint density at radius 3 is 2.29 bits per heavy atom. The third-order valence-corrected chi connectivity index (χ3v) is 6.56. The highest BCUT2D eigenvalue weighted by Crippen LogP contribution is 2.47. The van der Waals surface area contributed by atoms with Gasteiger partial charge in [0, 0.05) is 38.6 Å². The predicted octanol–water partition coefficient (Wildman–Crippen LogP) is 5.36. The maximum atomic E-state index is 13.3. The zero-order valence-corrected chi connectivity index (χ0v) is 19.0. The molecule has 1 aromatic carbocycles. The minimum absolute atomic E-state index is 0.143. The second-order valence-corrected chi connectivity index (χ2v) is 9.12. The van der Waals surface area contributed by atoms with Gasteiger partial charge in [-0.3, -0.25) is 14.4 Å². The summed E-state index contributed by atoms with van der Waals surface area (Å²) in [4.78, 5) is 16.6. The van der Waals surface area contributed by atoms with Crippen LogP contribution in [0.3, 0.4) is 0 Å². The molecule has 1 unspecified atom stereocenters. The SMILES string of the molecule is CC(C(=O)N1CCN(Cc2cccc(C(F)(F)F)c2)CC1)n1nc(C(F)(F)F)c(Cl)c1C1CC1. The van der Waals surface area contributed by atoms with Gasteiger partial charge >= 0.3 is 12.4 Å². The lowest BCUT2D eigenvalue weighted by atomic mass is 10.1. The summed E-state index contributed by atoms with van der Waals surface area (Å²) in [7, 11) is 0. The van der Waals surface area contributed by atoms with Gasteiger partial charge in [-0.2, -0.15) is 31.4 Å². The van der Waals surface area contributed by atoms with E-state index >= 15 is 0 Å². The summed E-state index contributed by atoms with van der Waals surface area (Å²) in [5.41, 5.74) is -1.13. The van der Waals surface area contributed by atoms with Crippen LogP contribution < -0.4 is 0 Å². The number of carbonyl (C=O) groups is 1. The van der Waals surface area contributed by atoms with Gasteiger partial charge in [0.15, 0.2) is 5.69 Å². The summed E-state index contributed by atoms with van der Waals surface area (Å²) in [6.07, 6.45) is -7.75. The summed E-state index contributed by atoms with van der Waals surface area (Å²) < 4.78 is 79.9. The smallest absolute Gasteiger partial charge is 0.338 e. The van der Waals surface area contributed by atoms with Crippen molar-refractivity contribution in [2.45, 2.75) is 50.6 Å². The number of alkyl halides is 6. The first kappa shape index (κ1) is 24.8. The molecule has 5 nitrogen and oxygen atoms in total. The van der Waals surface area contributed by atoms with E-state index in [1.807, 2.05) is 4.90 Å². The van der Waals surface area contributed by atoms with Gasteiger partial charge in [-0.1, -0.05) is 29.8 Å². The van der Waals surface area contributed by atoms with Crippen molar-refractivity contribution < 1.29 is 31.1 Å². The highest BCUT2D eigenvalue weighted by atomic mass is 35.5. The molecule has 2 aliphatic rings. The van der Waals surface area contributed by atoms with Crippen LogP contribution in [0.25, 0.3) is 0 Å². The molecule has 4 rings (SSSR count). The number of hydrogen-bond acceptors (Lipinski definition) is 3. The second-order valence-electron chi connectivity index (χ2n) is 8.74. The number of halogens is 7. The van der Waals surface area contributed by atoms with E-state index in [1.165, 1.54) is 13.0 Å². The average Bonchev–Trinajstić information content (AvgIpc) is 3.53. The quantitative estimate of drug-likeness (QED) is 0.511. The lowest BCUT2D eigenvalue weighted by Crippen LogP contribution is -2.50. The molecule has 2 heterocycles. The lowest BCUT2D eigenvalue weighted by Gasteiger charge is -2.36. The lowest BCUT2D eigenvalue weighted by molar-refractivity contribution is -0.142. The number of nitrogens with zero attached hydrogens (tertiary/aromatic N) is 4. The van der Waals surface area contributed by atoms with Crippen molar-refractivity contribution in [2.24, 2.45) is 0 Å². The van der Waals surface area contributed by atoms with Gasteiger partial charge in [0.2, 0.25) is 5.91 Å². The van der Waals surface area contributed by atoms with Crippen LogP contribution in [0.2, 0.25) is 5.02 Å². The van der Waals surface area contributed by atoms with E-state index in [2.05, 4.69) is 5.10 Å². The topological polar surface area (TPSA) is 41.4 Å². The Morgan fingerprint density at radius 1 is 1.09 bits per heavy atom. The molecule has 1 saturated heterocycles. The van der Waals surface area contributed by atoms with Gasteiger partial charge in [0.1, 0.15) is 6.04 Å². The molecule has 1 atom stereocenters. The molecule has 1 aromatic heterocycles. The number of piperazine rings is 1. The van der Waals surface area contributed by atoms with Crippen LogP contribution in [0.15, 0.2) is 24.3 Å². The Labute approximate surface area is 197 Å². The Morgan fingerprint density at radius 2 is 1.74 bits per heavy atom. The maximum Gasteiger partial charge on any atom is 0.436 e. The summed E-state index contributed by atoms with van der Waals surface area (Å²) in [5, 5.41) is 3.22. The third-order valence-electron chi connectivity index (χ3n) is 6.19. The largest absolute Gasteiger partial charge is 0.436 e. The van der Waals surface area contributed by atoms with Crippen LogP contribution in [0, 0.1) is 0 Å². The van der Waals surface area contributed by atoms with E-state index in [0.29, 0.717) is 51.1 Å². The molecule has 1 aliphatic heterocycles. The molecular formula is C22H23ClF6N4O. The Hall–Kier alpha value is -2.27. The molecular weight excluding hydrogens is 486 g/mol. The van der Waals surface area contributed by atoms with E-state index in [-0.39, 0.29) is 17.5 Å². The fourth-order valence-electron chi connectivity index (χ4n) is 4.23. The van der Waals surface area contributed by atoms with Gasteiger partial charge in [0.25, 0.3) is 0 Å². The highest BCUT2D eigenvalue weighted by molar-refractivity contribution is 6.32. The van der Waals surface area contributed by atoms with Gasteiger partial charge in [-0.25, -0.2) is 0 Å². The Bertz CT molecular complexity index is 1050. The molecule has 1 saturated carbocycles. The second kappa shape index (κ2) is 9.07. The Balaban J connectivity index is 1.41. The summed E-state index contributed by atoms with van der Waals surface area (Å²) >= 11 is 6.01. The molecule has 2 aromatic rings. The van der Waals surface area contributed by atoms with Gasteiger partial charge in [-0.05, 0) is 31.4 Å². The number of amides is 1. The first-order valence-electron chi connectivity index (χ1n) is 10.9. The van der Waals surface area contributed by atoms with Crippen molar-refractivity contribution in [3.8, 4) is 0 Å². The van der Waals surface area contributed by atoms with Crippen molar-refractivity contribution in [1.82, 2.24) is 19.6 Å². The standard InChI is InChI=1S/C22H23ClF6N4O/c1-13(33-18(15-5-6-15)17(23)19(30-33)22(27,28)29)20(34)32-9-7-31(8-10-32)12-14-3-2-4-16(11-14)21(24,25)26/h2-4,11,13,15H,5-10,12H2,1H3. The van der Waals surface area contributed by atoms with E-state index in [0.717, 1.165) is 16.8 Å². The van der Waals surface area contributed by atoms with Crippen LogP contribution in [0.4, 0.5) is 26.3 Å². The molecule has 1 aliphatic carbocycles. The number of benzene rings is 1. The molecule has 0 spiro atoms. The molecule has 0 radical (unpaired) electrons. The molecule has 186 valence electrons. The van der Waals surface area contributed by atoms with Crippen LogP contribution in [-0.4, -0.2) is 51.7 Å². The van der Waals surface area contributed by atoms with Gasteiger partial charge in [0.05, 0.1) is 16.3 Å². The molecule has 34 heavy (non-hydrogen) atoms. The first-order chi connectivity index (χ1) is 15.9. The maximum absolute atomic E-state index is 13.3. The minimum atomic E-state index is -4.72. The van der Waals surface area contributed by atoms with Crippen LogP contribution in [-0.2, 0) is 23.7 Å². The van der Waals surface area contributed by atoms with Crippen molar-refractivity contribution in [1.29, 1.82) is 0 Å². The molecule has 0 bridgehead atoms. The van der Waals surface area contributed by atoms with E-state index in [9.17, 15) is 31.1 Å². The first-order valence-corrected chi connectivity index (χ1v) is 11.3. The van der Waals surface area contributed by atoms with E-state index in [1.54, 1.807) is 11.0 Å². The molecule has 2 fully saturated rings. The summed E-state index contributed by atoms with van der Waals surface area (Å²) in [5.74, 6) is -0.510. The minimum Gasteiger partial charge on any atom is -0.338 e. The highest BCUT2D eigenvalue weighted by Gasteiger charge is 2.43. The predicted molar refractivity (Wildman–Crippen MR) is 112 cm³/mol.